The molecule has 6 nitrogen and oxygen atoms in total. The summed E-state index contributed by atoms with van der Waals surface area (Å²) in [6.07, 6.45) is 4.95. The van der Waals surface area contributed by atoms with E-state index in [0.29, 0.717) is 0 Å². The number of hydrogen-bond acceptors (Lipinski definition) is 4. The third-order valence-electron chi connectivity index (χ3n) is 4.58. The Bertz CT molecular complexity index is 911. The minimum atomic E-state index is 0.776. The number of aromatic nitrogens is 3. The quantitative estimate of drug-likeness (QED) is 0.329. The molecule has 3 rings (SSSR count). The van der Waals surface area contributed by atoms with Crippen LogP contribution in [0, 0.1) is 6.92 Å². The van der Waals surface area contributed by atoms with Crippen molar-refractivity contribution in [1.82, 2.24) is 25.2 Å². The van der Waals surface area contributed by atoms with E-state index in [1.807, 2.05) is 12.3 Å². The van der Waals surface area contributed by atoms with E-state index >= 15 is 0 Å². The first-order valence-electron chi connectivity index (χ1n) is 10.1. The van der Waals surface area contributed by atoms with Crippen molar-refractivity contribution in [2.75, 3.05) is 19.6 Å². The molecule has 0 saturated carbocycles. The third-order valence-corrected chi connectivity index (χ3v) is 5.78. The molecule has 0 aliphatic carbocycles. The molecule has 150 valence electrons. The number of para-hydroxylation sites is 2. The molecule has 0 bridgehead atoms. The van der Waals surface area contributed by atoms with Gasteiger partial charge in [0.05, 0.1) is 16.0 Å². The highest BCUT2D eigenvalue weighted by molar-refractivity contribution is 7.11. The Hall–Kier alpha value is -2.41. The Kier molecular flexibility index (Phi) is 7.42. The molecule has 0 spiro atoms. The molecule has 7 heteroatoms. The van der Waals surface area contributed by atoms with Crippen molar-refractivity contribution < 1.29 is 0 Å². The van der Waals surface area contributed by atoms with Crippen LogP contribution in [-0.2, 0) is 19.4 Å². The van der Waals surface area contributed by atoms with Crippen molar-refractivity contribution in [3.63, 3.8) is 0 Å². The molecular weight excluding hydrogens is 368 g/mol. The largest absolute Gasteiger partial charge is 0.357 e. The Morgan fingerprint density at radius 2 is 2.07 bits per heavy atom. The Labute approximate surface area is 171 Å². The van der Waals surface area contributed by atoms with E-state index in [0.717, 1.165) is 62.7 Å². The molecule has 0 unspecified atom stereocenters. The van der Waals surface area contributed by atoms with Crippen LogP contribution >= 0.6 is 11.3 Å². The number of nitrogens with one attached hydrogen (secondary N) is 2. The van der Waals surface area contributed by atoms with Crippen molar-refractivity contribution in [2.24, 2.45) is 4.99 Å². The van der Waals surface area contributed by atoms with Crippen LogP contribution in [-0.4, -0.2) is 40.1 Å². The highest BCUT2D eigenvalue weighted by atomic mass is 32.1. The minimum absolute atomic E-state index is 0.776. The summed E-state index contributed by atoms with van der Waals surface area (Å²) in [5, 5.41) is 7.92. The smallest absolute Gasteiger partial charge is 0.191 e. The fraction of sp³-hybridized carbons (Fsp3) is 0.476. The number of benzene rings is 1. The topological polar surface area (TPSA) is 67.1 Å². The van der Waals surface area contributed by atoms with Crippen LogP contribution in [0.2, 0.25) is 0 Å². The molecule has 0 atom stereocenters. The van der Waals surface area contributed by atoms with E-state index in [9.17, 15) is 0 Å². The maximum atomic E-state index is 4.72. The standard InChI is InChI=1S/C21H30N6S/c1-4-17-15-25-20(28-17)11-13-24-21(22-5-2)23-12-8-14-27-16(3)26-18-9-6-7-10-19(18)27/h6-7,9-10,15H,4-5,8,11-14H2,1-3H3,(H2,22,23,24). The zero-order valence-corrected chi connectivity index (χ0v) is 17.9. The summed E-state index contributed by atoms with van der Waals surface area (Å²) in [7, 11) is 0. The summed E-state index contributed by atoms with van der Waals surface area (Å²) in [6, 6.07) is 8.30. The van der Waals surface area contributed by atoms with Crippen LogP contribution in [0.25, 0.3) is 11.0 Å². The lowest BCUT2D eigenvalue weighted by Gasteiger charge is -2.11. The lowest BCUT2D eigenvalue weighted by atomic mass is 10.3. The zero-order chi connectivity index (χ0) is 19.8. The van der Waals surface area contributed by atoms with Gasteiger partial charge in [-0.3, -0.25) is 4.99 Å². The normalized spacial score (nSPS) is 11.9. The van der Waals surface area contributed by atoms with E-state index in [1.54, 1.807) is 11.3 Å². The highest BCUT2D eigenvalue weighted by Crippen LogP contribution is 2.16. The van der Waals surface area contributed by atoms with E-state index in [-0.39, 0.29) is 0 Å². The van der Waals surface area contributed by atoms with E-state index < -0.39 is 0 Å². The summed E-state index contributed by atoms with van der Waals surface area (Å²) in [6.45, 7) is 9.72. The van der Waals surface area contributed by atoms with Gasteiger partial charge in [-0.1, -0.05) is 19.1 Å². The van der Waals surface area contributed by atoms with Crippen molar-refractivity contribution >= 4 is 28.3 Å². The average Bonchev–Trinajstić information content (AvgIpc) is 3.29. The van der Waals surface area contributed by atoms with Gasteiger partial charge in [0.2, 0.25) is 0 Å². The molecule has 0 aliphatic rings. The van der Waals surface area contributed by atoms with Gasteiger partial charge in [0.1, 0.15) is 5.82 Å². The zero-order valence-electron chi connectivity index (χ0n) is 17.0. The van der Waals surface area contributed by atoms with Crippen LogP contribution in [0.1, 0.15) is 36.0 Å². The summed E-state index contributed by atoms with van der Waals surface area (Å²) >= 11 is 1.80. The molecule has 28 heavy (non-hydrogen) atoms. The van der Waals surface area contributed by atoms with E-state index in [1.165, 1.54) is 15.4 Å². The number of rotatable bonds is 9. The van der Waals surface area contributed by atoms with Gasteiger partial charge in [-0.2, -0.15) is 0 Å². The lowest BCUT2D eigenvalue weighted by molar-refractivity contribution is 0.646. The van der Waals surface area contributed by atoms with Crippen LogP contribution in [0.3, 0.4) is 0 Å². The van der Waals surface area contributed by atoms with Crippen LogP contribution < -0.4 is 10.6 Å². The molecule has 2 N–H and O–H groups in total. The predicted molar refractivity (Wildman–Crippen MR) is 118 cm³/mol. The van der Waals surface area contributed by atoms with Gasteiger partial charge in [0.25, 0.3) is 0 Å². The third kappa shape index (κ3) is 5.32. The van der Waals surface area contributed by atoms with Gasteiger partial charge in [-0.25, -0.2) is 9.97 Å². The molecule has 3 aromatic rings. The first-order chi connectivity index (χ1) is 13.7. The monoisotopic (exact) mass is 398 g/mol. The van der Waals surface area contributed by atoms with Crippen molar-refractivity contribution in [2.45, 2.75) is 46.6 Å². The van der Waals surface area contributed by atoms with Gasteiger partial charge in [-0.05, 0) is 38.8 Å². The maximum Gasteiger partial charge on any atom is 0.191 e. The predicted octanol–water partition coefficient (Wildman–Crippen LogP) is 3.55. The van der Waals surface area contributed by atoms with E-state index in [2.05, 4.69) is 64.1 Å². The summed E-state index contributed by atoms with van der Waals surface area (Å²) in [4.78, 5) is 15.2. The molecule has 2 heterocycles. The second-order valence-electron chi connectivity index (χ2n) is 6.66. The molecule has 0 aliphatic heterocycles. The Morgan fingerprint density at radius 3 is 2.86 bits per heavy atom. The van der Waals surface area contributed by atoms with Gasteiger partial charge < -0.3 is 15.2 Å². The van der Waals surface area contributed by atoms with Crippen molar-refractivity contribution in [3.05, 3.63) is 46.2 Å². The summed E-state index contributed by atoms with van der Waals surface area (Å²) in [5.74, 6) is 1.94. The van der Waals surface area contributed by atoms with Crippen LogP contribution in [0.5, 0.6) is 0 Å². The minimum Gasteiger partial charge on any atom is -0.357 e. The Balaban J connectivity index is 1.49. The number of thiazole rings is 1. The highest BCUT2D eigenvalue weighted by Gasteiger charge is 2.06. The Morgan fingerprint density at radius 1 is 1.21 bits per heavy atom. The fourth-order valence-electron chi connectivity index (χ4n) is 3.15. The first kappa shape index (κ1) is 20.3. The number of aliphatic imine (C=N–C) groups is 1. The number of imidazole rings is 1. The van der Waals surface area contributed by atoms with E-state index in [4.69, 9.17) is 4.99 Å². The summed E-state index contributed by atoms with van der Waals surface area (Å²) < 4.78 is 2.28. The molecule has 0 fully saturated rings. The maximum absolute atomic E-state index is 4.72. The van der Waals surface area contributed by atoms with Crippen LogP contribution in [0.4, 0.5) is 0 Å². The van der Waals surface area contributed by atoms with Gasteiger partial charge in [0, 0.05) is 43.7 Å². The summed E-state index contributed by atoms with van der Waals surface area (Å²) in [5.41, 5.74) is 2.26. The molecule has 0 saturated heterocycles. The number of guanidine groups is 1. The second kappa shape index (κ2) is 10.2. The molecule has 0 radical (unpaired) electrons. The average molecular weight is 399 g/mol. The first-order valence-corrected chi connectivity index (χ1v) is 10.9. The van der Waals surface area contributed by atoms with Crippen molar-refractivity contribution in [3.8, 4) is 0 Å². The van der Waals surface area contributed by atoms with Crippen LogP contribution in [0.15, 0.2) is 35.5 Å². The van der Waals surface area contributed by atoms with Crippen molar-refractivity contribution in [1.29, 1.82) is 0 Å². The van der Waals surface area contributed by atoms with Gasteiger partial charge >= 0.3 is 0 Å². The second-order valence-corrected chi connectivity index (χ2v) is 7.86. The number of aryl methyl sites for hydroxylation is 3. The number of nitrogens with zero attached hydrogens (tertiary/aromatic N) is 4. The molecular formula is C21H30N6S. The van der Waals surface area contributed by atoms with Gasteiger partial charge in [0.15, 0.2) is 5.96 Å². The SMILES string of the molecule is CCNC(=NCCCn1c(C)nc2ccccc21)NCCc1ncc(CC)s1. The van der Waals surface area contributed by atoms with Gasteiger partial charge in [-0.15, -0.1) is 11.3 Å². The molecule has 0 amide bonds. The lowest BCUT2D eigenvalue weighted by Crippen LogP contribution is -2.38. The molecule has 2 aromatic heterocycles. The fourth-order valence-corrected chi connectivity index (χ4v) is 4.02. The number of fused-ring (bicyclic) bond motifs is 1. The number of hydrogen-bond donors (Lipinski definition) is 2. The molecule has 1 aromatic carbocycles.